The van der Waals surface area contributed by atoms with E-state index in [0.717, 1.165) is 12.5 Å². The molecule has 0 N–H and O–H groups in total. The number of allylic oxidation sites excluding steroid dienone is 1. The van der Waals surface area contributed by atoms with Crippen molar-refractivity contribution < 1.29 is 4.74 Å². The average Bonchev–Trinajstić information content (AvgIpc) is 2.58. The molecule has 2 saturated carbocycles. The molecule has 0 radical (unpaired) electrons. The van der Waals surface area contributed by atoms with E-state index in [1.165, 1.54) is 38.5 Å². The van der Waals surface area contributed by atoms with Gasteiger partial charge in [-0.2, -0.15) is 0 Å². The van der Waals surface area contributed by atoms with Gasteiger partial charge in [-0.05, 0) is 44.1 Å². The number of hydrogen-bond donors (Lipinski definition) is 0. The molecule has 2 unspecified atom stereocenters. The third kappa shape index (κ3) is 0.957. The molecule has 0 spiro atoms. The van der Waals surface area contributed by atoms with Crippen LogP contribution in [0.5, 0.6) is 0 Å². The topological polar surface area (TPSA) is 9.23 Å². The Hall–Kier alpha value is -0.300. The van der Waals surface area contributed by atoms with E-state index in [1.54, 1.807) is 11.1 Å². The van der Waals surface area contributed by atoms with E-state index in [-0.39, 0.29) is 0 Å². The fourth-order valence-corrected chi connectivity index (χ4v) is 2.87. The van der Waals surface area contributed by atoms with Gasteiger partial charge in [0.1, 0.15) is 0 Å². The number of ether oxygens (including phenoxy) is 1. The standard InChI is InChI=1S/C11H16O/c1-2-5-8(4-1)10-9-6-3-7-12-11(9)10/h9,11H,1-7H2. The van der Waals surface area contributed by atoms with Crippen LogP contribution in [-0.2, 0) is 4.74 Å². The van der Waals surface area contributed by atoms with Crippen molar-refractivity contribution in [3.05, 3.63) is 11.1 Å². The van der Waals surface area contributed by atoms with Crippen LogP contribution < -0.4 is 0 Å². The normalized spacial score (nSPS) is 40.0. The van der Waals surface area contributed by atoms with Crippen molar-refractivity contribution in [2.45, 2.75) is 44.6 Å². The fraction of sp³-hybridized carbons (Fsp3) is 0.818. The molecular formula is C11H16O. The Bertz CT molecular complexity index is 207. The van der Waals surface area contributed by atoms with Gasteiger partial charge in [0.25, 0.3) is 0 Å². The molecule has 0 aromatic rings. The van der Waals surface area contributed by atoms with Gasteiger partial charge in [-0.15, -0.1) is 0 Å². The minimum Gasteiger partial charge on any atom is -0.373 e. The van der Waals surface area contributed by atoms with Crippen molar-refractivity contribution in [1.82, 2.24) is 0 Å². The van der Waals surface area contributed by atoms with Crippen LogP contribution in [0.2, 0.25) is 0 Å². The lowest BCUT2D eigenvalue weighted by Crippen LogP contribution is -2.05. The van der Waals surface area contributed by atoms with Gasteiger partial charge in [-0.1, -0.05) is 5.57 Å². The molecule has 3 aliphatic rings. The summed E-state index contributed by atoms with van der Waals surface area (Å²) in [6, 6.07) is 0. The van der Waals surface area contributed by atoms with Gasteiger partial charge in [0.15, 0.2) is 0 Å². The summed E-state index contributed by atoms with van der Waals surface area (Å²) < 4.78 is 5.72. The Morgan fingerprint density at radius 2 is 1.92 bits per heavy atom. The Morgan fingerprint density at radius 3 is 2.58 bits per heavy atom. The predicted octanol–water partition coefficient (Wildman–Crippen LogP) is 2.67. The van der Waals surface area contributed by atoms with Crippen molar-refractivity contribution in [3.63, 3.8) is 0 Å². The van der Waals surface area contributed by atoms with E-state index < -0.39 is 0 Å². The van der Waals surface area contributed by atoms with Gasteiger partial charge in [-0.3, -0.25) is 0 Å². The monoisotopic (exact) mass is 164 g/mol. The maximum atomic E-state index is 5.72. The molecule has 1 nitrogen and oxygen atoms in total. The van der Waals surface area contributed by atoms with E-state index in [2.05, 4.69) is 0 Å². The molecule has 3 rings (SSSR count). The Morgan fingerprint density at radius 1 is 1.08 bits per heavy atom. The fourth-order valence-electron chi connectivity index (χ4n) is 2.87. The van der Waals surface area contributed by atoms with Crippen molar-refractivity contribution in [3.8, 4) is 0 Å². The lowest BCUT2D eigenvalue weighted by atomic mass is 10.1. The third-order valence-electron chi connectivity index (χ3n) is 3.53. The van der Waals surface area contributed by atoms with Gasteiger partial charge in [0.05, 0.1) is 6.10 Å². The maximum absolute atomic E-state index is 5.72. The zero-order valence-electron chi connectivity index (χ0n) is 7.51. The molecule has 12 heavy (non-hydrogen) atoms. The van der Waals surface area contributed by atoms with E-state index in [9.17, 15) is 0 Å². The summed E-state index contributed by atoms with van der Waals surface area (Å²) >= 11 is 0. The average molecular weight is 164 g/mol. The van der Waals surface area contributed by atoms with Gasteiger partial charge < -0.3 is 4.74 Å². The van der Waals surface area contributed by atoms with E-state index in [4.69, 9.17) is 4.74 Å². The molecule has 1 heteroatoms. The van der Waals surface area contributed by atoms with Crippen molar-refractivity contribution in [1.29, 1.82) is 0 Å². The molecule has 0 aromatic carbocycles. The largest absolute Gasteiger partial charge is 0.373 e. The smallest absolute Gasteiger partial charge is 0.0857 e. The number of rotatable bonds is 0. The molecule has 2 aliphatic carbocycles. The third-order valence-corrected chi connectivity index (χ3v) is 3.53. The molecule has 66 valence electrons. The lowest BCUT2D eigenvalue weighted by Gasteiger charge is -2.06. The SMILES string of the molecule is C1CCC(=C2C3CCCOC23)C1. The summed E-state index contributed by atoms with van der Waals surface area (Å²) in [7, 11) is 0. The van der Waals surface area contributed by atoms with Crippen LogP contribution >= 0.6 is 0 Å². The highest BCUT2D eigenvalue weighted by Crippen LogP contribution is 2.51. The first kappa shape index (κ1) is 7.14. The second-order valence-electron chi connectivity index (χ2n) is 4.31. The van der Waals surface area contributed by atoms with E-state index in [1.807, 2.05) is 0 Å². The molecule has 1 saturated heterocycles. The van der Waals surface area contributed by atoms with Crippen LogP contribution in [0.3, 0.4) is 0 Å². The minimum atomic E-state index is 0.590. The first-order valence-electron chi connectivity index (χ1n) is 5.30. The van der Waals surface area contributed by atoms with Crippen LogP contribution in [0.4, 0.5) is 0 Å². The molecule has 0 aromatic heterocycles. The summed E-state index contributed by atoms with van der Waals surface area (Å²) in [5.41, 5.74) is 3.50. The molecule has 3 fully saturated rings. The summed E-state index contributed by atoms with van der Waals surface area (Å²) in [5, 5.41) is 0. The van der Waals surface area contributed by atoms with Gasteiger partial charge in [-0.25, -0.2) is 0 Å². The Kier molecular flexibility index (Phi) is 1.54. The highest BCUT2D eigenvalue weighted by molar-refractivity contribution is 5.39. The summed E-state index contributed by atoms with van der Waals surface area (Å²) in [6.45, 7) is 1.01. The molecule has 0 amide bonds. The highest BCUT2D eigenvalue weighted by Gasteiger charge is 2.48. The first-order valence-corrected chi connectivity index (χ1v) is 5.30. The van der Waals surface area contributed by atoms with E-state index in [0.29, 0.717) is 6.10 Å². The summed E-state index contributed by atoms with van der Waals surface area (Å²) in [4.78, 5) is 0. The molecule has 0 bridgehead atoms. The van der Waals surface area contributed by atoms with E-state index >= 15 is 0 Å². The van der Waals surface area contributed by atoms with Gasteiger partial charge >= 0.3 is 0 Å². The Balaban J connectivity index is 1.82. The van der Waals surface area contributed by atoms with Crippen LogP contribution in [0.1, 0.15) is 38.5 Å². The summed E-state index contributed by atoms with van der Waals surface area (Å²) in [6.07, 6.45) is 8.90. The molecule has 1 aliphatic heterocycles. The second kappa shape index (κ2) is 2.59. The molecule has 2 atom stereocenters. The van der Waals surface area contributed by atoms with Crippen molar-refractivity contribution in [2.75, 3.05) is 6.61 Å². The van der Waals surface area contributed by atoms with Crippen LogP contribution in [0, 0.1) is 5.92 Å². The number of fused-ring (bicyclic) bond motifs is 1. The molecular weight excluding hydrogens is 148 g/mol. The predicted molar refractivity (Wildman–Crippen MR) is 48.0 cm³/mol. The maximum Gasteiger partial charge on any atom is 0.0857 e. The van der Waals surface area contributed by atoms with Crippen molar-refractivity contribution in [2.24, 2.45) is 5.92 Å². The highest BCUT2D eigenvalue weighted by atomic mass is 16.5. The van der Waals surface area contributed by atoms with Crippen LogP contribution in [-0.4, -0.2) is 12.7 Å². The van der Waals surface area contributed by atoms with Crippen LogP contribution in [0.15, 0.2) is 11.1 Å². The quantitative estimate of drug-likeness (QED) is 0.500. The van der Waals surface area contributed by atoms with Crippen LogP contribution in [0.25, 0.3) is 0 Å². The lowest BCUT2D eigenvalue weighted by molar-refractivity contribution is 0.0829. The zero-order chi connectivity index (χ0) is 7.97. The zero-order valence-corrected chi connectivity index (χ0v) is 7.51. The van der Waals surface area contributed by atoms with Gasteiger partial charge in [0, 0.05) is 12.5 Å². The second-order valence-corrected chi connectivity index (χ2v) is 4.31. The number of hydrogen-bond acceptors (Lipinski definition) is 1. The Labute approximate surface area is 73.8 Å². The van der Waals surface area contributed by atoms with Crippen molar-refractivity contribution >= 4 is 0 Å². The van der Waals surface area contributed by atoms with Gasteiger partial charge in [0.2, 0.25) is 0 Å². The summed E-state index contributed by atoms with van der Waals surface area (Å²) in [5.74, 6) is 0.867. The minimum absolute atomic E-state index is 0.590. The first-order chi connectivity index (χ1) is 5.97. The molecule has 1 heterocycles.